The average molecular weight is 273 g/mol. The molecule has 9 heteroatoms. The first-order valence-corrected chi connectivity index (χ1v) is 5.20. The number of hydrogen-bond donors (Lipinski definition) is 2. The van der Waals surface area contributed by atoms with E-state index in [-0.39, 0.29) is 22.1 Å². The maximum Gasteiger partial charge on any atom is 0.296 e. The fourth-order valence-electron chi connectivity index (χ4n) is 1.07. The molecule has 1 amide bonds. The maximum atomic E-state index is 11.6. The molecule has 0 fully saturated rings. The zero-order valence-electron chi connectivity index (χ0n) is 8.53. The van der Waals surface area contributed by atoms with Crippen LogP contribution in [0.3, 0.4) is 0 Å². The predicted octanol–water partition coefficient (Wildman–Crippen LogP) is 1.46. The lowest BCUT2D eigenvalue weighted by Crippen LogP contribution is -2.15. The minimum absolute atomic E-state index is 0.00774. The van der Waals surface area contributed by atoms with E-state index in [0.29, 0.717) is 5.82 Å². The van der Waals surface area contributed by atoms with Crippen molar-refractivity contribution < 1.29 is 4.79 Å². The van der Waals surface area contributed by atoms with E-state index in [0.717, 1.165) is 0 Å². The number of halogens is 2. The minimum atomic E-state index is -0.514. The van der Waals surface area contributed by atoms with Crippen molar-refractivity contribution in [3.05, 3.63) is 28.2 Å². The van der Waals surface area contributed by atoms with Gasteiger partial charge < -0.3 is 5.32 Å². The number of hydrogen-bond acceptors (Lipinski definition) is 5. The summed E-state index contributed by atoms with van der Waals surface area (Å²) in [6.45, 7) is 1.68. The largest absolute Gasteiger partial charge is 0.304 e. The summed E-state index contributed by atoms with van der Waals surface area (Å²) in [6.07, 6.45) is 0. The van der Waals surface area contributed by atoms with Crippen LogP contribution >= 0.6 is 23.2 Å². The fourth-order valence-corrected chi connectivity index (χ4v) is 1.48. The predicted molar refractivity (Wildman–Crippen MR) is 61.1 cm³/mol. The Bertz CT molecular complexity index is 549. The highest BCUT2D eigenvalue weighted by atomic mass is 35.5. The van der Waals surface area contributed by atoms with Gasteiger partial charge in [-0.25, -0.2) is 15.0 Å². The van der Waals surface area contributed by atoms with Crippen molar-refractivity contribution in [1.82, 2.24) is 25.1 Å². The normalized spacial score (nSPS) is 10.3. The van der Waals surface area contributed by atoms with E-state index in [1.165, 1.54) is 6.07 Å². The molecule has 2 aromatic heterocycles. The van der Waals surface area contributed by atoms with Gasteiger partial charge in [0, 0.05) is 6.07 Å². The van der Waals surface area contributed by atoms with E-state index in [1.54, 1.807) is 6.92 Å². The maximum absolute atomic E-state index is 11.6. The van der Waals surface area contributed by atoms with Gasteiger partial charge in [0.05, 0.1) is 0 Å². The Kier molecular flexibility index (Phi) is 3.21. The van der Waals surface area contributed by atoms with Gasteiger partial charge in [0.25, 0.3) is 5.91 Å². The molecule has 0 aliphatic carbocycles. The van der Waals surface area contributed by atoms with Crippen molar-refractivity contribution in [2.75, 3.05) is 5.32 Å². The zero-order chi connectivity index (χ0) is 12.4. The highest BCUT2D eigenvalue weighted by molar-refractivity contribution is 6.32. The number of carbonyl (C=O) groups is 1. The number of rotatable bonds is 2. The van der Waals surface area contributed by atoms with E-state index < -0.39 is 5.91 Å². The molecular weight excluding hydrogens is 267 g/mol. The summed E-state index contributed by atoms with van der Waals surface area (Å²) in [5.74, 6) is 0.213. The molecule has 0 bridgehead atoms. The number of aryl methyl sites for hydroxylation is 1. The summed E-state index contributed by atoms with van der Waals surface area (Å²) in [5.41, 5.74) is 0. The number of H-pyrrole nitrogens is 1. The van der Waals surface area contributed by atoms with Crippen molar-refractivity contribution in [3.63, 3.8) is 0 Å². The fraction of sp³-hybridized carbons (Fsp3) is 0.125. The van der Waals surface area contributed by atoms with Crippen LogP contribution < -0.4 is 5.32 Å². The van der Waals surface area contributed by atoms with Crippen LogP contribution in [0.1, 0.15) is 16.4 Å². The number of nitrogens with one attached hydrogen (secondary N) is 2. The van der Waals surface area contributed by atoms with Gasteiger partial charge in [-0.1, -0.05) is 11.6 Å². The molecule has 2 N–H and O–H groups in total. The summed E-state index contributed by atoms with van der Waals surface area (Å²) >= 11 is 11.2. The number of aromatic amines is 1. The average Bonchev–Trinajstić information content (AvgIpc) is 2.63. The second-order valence-corrected chi connectivity index (χ2v) is 3.77. The molecule has 0 aromatic carbocycles. The molecule has 0 saturated heterocycles. The third kappa shape index (κ3) is 2.89. The van der Waals surface area contributed by atoms with Gasteiger partial charge >= 0.3 is 0 Å². The first kappa shape index (κ1) is 11.7. The van der Waals surface area contributed by atoms with Gasteiger partial charge in [0.2, 0.25) is 11.1 Å². The van der Waals surface area contributed by atoms with Gasteiger partial charge in [-0.2, -0.15) is 0 Å². The summed E-state index contributed by atoms with van der Waals surface area (Å²) in [5, 5.41) is 8.77. The van der Waals surface area contributed by atoms with Crippen molar-refractivity contribution in [3.8, 4) is 0 Å². The smallest absolute Gasteiger partial charge is 0.296 e. The molecule has 0 radical (unpaired) electrons. The SMILES string of the molecule is Cc1nc(C(=O)Nc2cc(Cl)nc(Cl)n2)n[nH]1. The van der Waals surface area contributed by atoms with Gasteiger partial charge in [0.15, 0.2) is 0 Å². The zero-order valence-corrected chi connectivity index (χ0v) is 10.0. The van der Waals surface area contributed by atoms with E-state index in [1.807, 2.05) is 0 Å². The van der Waals surface area contributed by atoms with Gasteiger partial charge in [-0.15, -0.1) is 5.10 Å². The first-order valence-electron chi connectivity index (χ1n) is 4.45. The van der Waals surface area contributed by atoms with Crippen LogP contribution in [-0.2, 0) is 0 Å². The molecule has 0 aliphatic heterocycles. The molecule has 0 unspecified atom stereocenters. The standard InChI is InChI=1S/C8H6Cl2N6O/c1-3-11-6(16-15-3)7(17)13-5-2-4(9)12-8(10)14-5/h2H,1H3,(H,11,15,16)(H,12,13,14,17). The Morgan fingerprint density at radius 1 is 1.35 bits per heavy atom. The molecular formula is C8H6Cl2N6O. The first-order chi connectivity index (χ1) is 8.04. The van der Waals surface area contributed by atoms with Crippen LogP contribution in [0.2, 0.25) is 10.4 Å². The number of amides is 1. The third-order valence-electron chi connectivity index (χ3n) is 1.71. The van der Waals surface area contributed by atoms with E-state index >= 15 is 0 Å². The number of carbonyl (C=O) groups excluding carboxylic acids is 1. The summed E-state index contributed by atoms with van der Waals surface area (Å²) in [4.78, 5) is 22.9. The summed E-state index contributed by atoms with van der Waals surface area (Å²) in [6, 6.07) is 1.37. The molecule has 2 aromatic rings. The highest BCUT2D eigenvalue weighted by Crippen LogP contribution is 2.14. The van der Waals surface area contributed by atoms with Crippen LogP contribution in [0.15, 0.2) is 6.07 Å². The second-order valence-electron chi connectivity index (χ2n) is 3.04. The molecule has 0 aliphatic rings. The molecule has 2 heterocycles. The minimum Gasteiger partial charge on any atom is -0.304 e. The Balaban J connectivity index is 2.18. The lowest BCUT2D eigenvalue weighted by atomic mass is 10.5. The third-order valence-corrected chi connectivity index (χ3v) is 2.07. The van der Waals surface area contributed by atoms with Gasteiger partial charge in [-0.3, -0.25) is 9.89 Å². The van der Waals surface area contributed by atoms with Crippen molar-refractivity contribution in [2.24, 2.45) is 0 Å². The highest BCUT2D eigenvalue weighted by Gasteiger charge is 2.12. The topological polar surface area (TPSA) is 96.5 Å². The van der Waals surface area contributed by atoms with Crippen LogP contribution in [0.4, 0.5) is 5.82 Å². The lowest BCUT2D eigenvalue weighted by molar-refractivity contribution is 0.101. The number of anilines is 1. The lowest BCUT2D eigenvalue weighted by Gasteiger charge is -2.01. The van der Waals surface area contributed by atoms with Crippen molar-refractivity contribution >= 4 is 34.9 Å². The molecule has 0 saturated carbocycles. The Morgan fingerprint density at radius 3 is 2.71 bits per heavy atom. The van der Waals surface area contributed by atoms with E-state index in [2.05, 4.69) is 30.5 Å². The van der Waals surface area contributed by atoms with E-state index in [9.17, 15) is 4.79 Å². The van der Waals surface area contributed by atoms with Crippen molar-refractivity contribution in [2.45, 2.75) is 6.92 Å². The molecule has 7 nitrogen and oxygen atoms in total. The number of nitrogens with zero attached hydrogens (tertiary/aromatic N) is 4. The molecule has 0 atom stereocenters. The van der Waals surface area contributed by atoms with E-state index in [4.69, 9.17) is 23.2 Å². The van der Waals surface area contributed by atoms with Crippen LogP contribution in [0.25, 0.3) is 0 Å². The summed E-state index contributed by atoms with van der Waals surface area (Å²) in [7, 11) is 0. The number of aromatic nitrogens is 5. The second kappa shape index (κ2) is 4.64. The van der Waals surface area contributed by atoms with Crippen LogP contribution in [0.5, 0.6) is 0 Å². The summed E-state index contributed by atoms with van der Waals surface area (Å²) < 4.78 is 0. The molecule has 17 heavy (non-hydrogen) atoms. The van der Waals surface area contributed by atoms with Gasteiger partial charge in [-0.05, 0) is 18.5 Å². The van der Waals surface area contributed by atoms with Crippen molar-refractivity contribution in [1.29, 1.82) is 0 Å². The van der Waals surface area contributed by atoms with Crippen LogP contribution in [0, 0.1) is 6.92 Å². The molecule has 0 spiro atoms. The van der Waals surface area contributed by atoms with Crippen LogP contribution in [-0.4, -0.2) is 31.1 Å². The monoisotopic (exact) mass is 272 g/mol. The Hall–Kier alpha value is -1.73. The Morgan fingerprint density at radius 2 is 2.12 bits per heavy atom. The molecule has 2 rings (SSSR count). The molecule has 88 valence electrons. The Labute approximate surface area is 106 Å². The van der Waals surface area contributed by atoms with Gasteiger partial charge in [0.1, 0.15) is 16.8 Å². The quantitative estimate of drug-likeness (QED) is 0.637.